The maximum absolute atomic E-state index is 12.1. The van der Waals surface area contributed by atoms with Gasteiger partial charge in [-0.1, -0.05) is 6.07 Å². The maximum Gasteiger partial charge on any atom is 0.251 e. The van der Waals surface area contributed by atoms with E-state index in [2.05, 4.69) is 16.0 Å². The number of carbonyl (C=O) groups is 2. The lowest BCUT2D eigenvalue weighted by atomic mass is 10.0. The van der Waals surface area contributed by atoms with Crippen LogP contribution in [0.5, 0.6) is 0 Å². The molecule has 0 radical (unpaired) electrons. The predicted molar refractivity (Wildman–Crippen MR) is 75.3 cm³/mol. The van der Waals surface area contributed by atoms with Crippen LogP contribution < -0.4 is 16.0 Å². The van der Waals surface area contributed by atoms with Crippen molar-refractivity contribution >= 4 is 11.8 Å². The van der Waals surface area contributed by atoms with E-state index in [1.807, 2.05) is 20.9 Å². The Bertz CT molecular complexity index is 470. The standard InChI is InChI=1S/C14H21N3O2/c1-14(2,9-15-3)17-13(19)11-7-5-6-10(8-11)12(18)16-4/h5-8,15H,9H2,1-4H3,(H,16,18)(H,17,19). The molecule has 2 amide bonds. The third-order valence-electron chi connectivity index (χ3n) is 2.68. The second-order valence-corrected chi connectivity index (χ2v) is 5.03. The van der Waals surface area contributed by atoms with Gasteiger partial charge in [0.05, 0.1) is 0 Å². The molecule has 0 spiro atoms. The lowest BCUT2D eigenvalue weighted by Crippen LogP contribution is -2.49. The van der Waals surface area contributed by atoms with Crippen molar-refractivity contribution in [2.45, 2.75) is 19.4 Å². The second kappa shape index (κ2) is 6.33. The van der Waals surface area contributed by atoms with E-state index in [0.29, 0.717) is 17.7 Å². The largest absolute Gasteiger partial charge is 0.355 e. The van der Waals surface area contributed by atoms with Crippen LogP contribution in [0.1, 0.15) is 34.6 Å². The third kappa shape index (κ3) is 4.37. The summed E-state index contributed by atoms with van der Waals surface area (Å²) in [6, 6.07) is 6.65. The minimum absolute atomic E-state index is 0.189. The molecule has 0 unspecified atom stereocenters. The van der Waals surface area contributed by atoms with Crippen LogP contribution in [-0.4, -0.2) is 38.0 Å². The molecule has 1 rings (SSSR count). The number of hydrogen-bond acceptors (Lipinski definition) is 3. The topological polar surface area (TPSA) is 70.2 Å². The Morgan fingerprint density at radius 2 is 1.68 bits per heavy atom. The van der Waals surface area contributed by atoms with Gasteiger partial charge in [-0.05, 0) is 39.1 Å². The van der Waals surface area contributed by atoms with Crippen LogP contribution in [0.15, 0.2) is 24.3 Å². The highest BCUT2D eigenvalue weighted by atomic mass is 16.2. The molecule has 0 atom stereocenters. The van der Waals surface area contributed by atoms with Crippen LogP contribution >= 0.6 is 0 Å². The van der Waals surface area contributed by atoms with Gasteiger partial charge >= 0.3 is 0 Å². The number of benzene rings is 1. The van der Waals surface area contributed by atoms with Gasteiger partial charge < -0.3 is 16.0 Å². The van der Waals surface area contributed by atoms with Crippen molar-refractivity contribution in [2.24, 2.45) is 0 Å². The van der Waals surface area contributed by atoms with Crippen molar-refractivity contribution in [2.75, 3.05) is 20.6 Å². The molecule has 3 N–H and O–H groups in total. The molecule has 19 heavy (non-hydrogen) atoms. The van der Waals surface area contributed by atoms with E-state index in [0.717, 1.165) is 0 Å². The molecule has 0 bridgehead atoms. The van der Waals surface area contributed by atoms with Crippen LogP contribution in [0.2, 0.25) is 0 Å². The van der Waals surface area contributed by atoms with Gasteiger partial charge in [0, 0.05) is 30.3 Å². The Morgan fingerprint density at radius 3 is 2.21 bits per heavy atom. The molecule has 104 valence electrons. The van der Waals surface area contributed by atoms with Crippen LogP contribution in [0, 0.1) is 0 Å². The molecule has 0 aromatic heterocycles. The van der Waals surface area contributed by atoms with Crippen molar-refractivity contribution < 1.29 is 9.59 Å². The number of nitrogens with one attached hydrogen (secondary N) is 3. The minimum atomic E-state index is -0.352. The first-order valence-corrected chi connectivity index (χ1v) is 6.19. The Morgan fingerprint density at radius 1 is 1.11 bits per heavy atom. The van der Waals surface area contributed by atoms with E-state index in [1.54, 1.807) is 31.3 Å². The first kappa shape index (κ1) is 15.2. The zero-order chi connectivity index (χ0) is 14.5. The lowest BCUT2D eigenvalue weighted by Gasteiger charge is -2.26. The minimum Gasteiger partial charge on any atom is -0.355 e. The summed E-state index contributed by atoms with van der Waals surface area (Å²) in [4.78, 5) is 23.7. The summed E-state index contributed by atoms with van der Waals surface area (Å²) < 4.78 is 0. The zero-order valence-electron chi connectivity index (χ0n) is 11.8. The number of likely N-dealkylation sites (N-methyl/N-ethyl adjacent to an activating group) is 1. The van der Waals surface area contributed by atoms with Gasteiger partial charge in [0.1, 0.15) is 0 Å². The summed E-state index contributed by atoms with van der Waals surface area (Å²) in [7, 11) is 3.39. The highest BCUT2D eigenvalue weighted by Gasteiger charge is 2.20. The van der Waals surface area contributed by atoms with Crippen molar-refractivity contribution in [3.8, 4) is 0 Å². The normalized spacial score (nSPS) is 10.9. The van der Waals surface area contributed by atoms with Gasteiger partial charge in [0.15, 0.2) is 0 Å². The average molecular weight is 263 g/mol. The molecule has 0 aliphatic carbocycles. The maximum atomic E-state index is 12.1. The van der Waals surface area contributed by atoms with E-state index >= 15 is 0 Å². The van der Waals surface area contributed by atoms with Crippen LogP contribution in [0.25, 0.3) is 0 Å². The Balaban J connectivity index is 2.86. The molecule has 0 fully saturated rings. The van der Waals surface area contributed by atoms with Gasteiger partial charge in [-0.15, -0.1) is 0 Å². The van der Waals surface area contributed by atoms with Gasteiger partial charge in [0.2, 0.25) is 0 Å². The van der Waals surface area contributed by atoms with Crippen molar-refractivity contribution in [1.82, 2.24) is 16.0 Å². The molecule has 0 saturated carbocycles. The zero-order valence-corrected chi connectivity index (χ0v) is 11.8. The molecule has 0 aliphatic heterocycles. The molecule has 1 aromatic rings. The molecular formula is C14H21N3O2. The van der Waals surface area contributed by atoms with E-state index in [9.17, 15) is 9.59 Å². The number of hydrogen-bond donors (Lipinski definition) is 3. The van der Waals surface area contributed by atoms with Crippen LogP contribution in [0.4, 0.5) is 0 Å². The highest BCUT2D eigenvalue weighted by Crippen LogP contribution is 2.08. The van der Waals surface area contributed by atoms with E-state index in [4.69, 9.17) is 0 Å². The second-order valence-electron chi connectivity index (χ2n) is 5.03. The fraction of sp³-hybridized carbons (Fsp3) is 0.429. The van der Waals surface area contributed by atoms with E-state index in [-0.39, 0.29) is 17.4 Å². The van der Waals surface area contributed by atoms with E-state index < -0.39 is 0 Å². The van der Waals surface area contributed by atoms with Crippen molar-refractivity contribution in [3.63, 3.8) is 0 Å². The first-order chi connectivity index (χ1) is 8.89. The third-order valence-corrected chi connectivity index (χ3v) is 2.68. The Labute approximate surface area is 113 Å². The fourth-order valence-corrected chi connectivity index (χ4v) is 1.81. The van der Waals surface area contributed by atoms with Crippen LogP contribution in [0.3, 0.4) is 0 Å². The molecule has 0 heterocycles. The quantitative estimate of drug-likeness (QED) is 0.735. The van der Waals surface area contributed by atoms with Crippen LogP contribution in [-0.2, 0) is 0 Å². The molecule has 5 heteroatoms. The number of carbonyl (C=O) groups excluding carboxylic acids is 2. The summed E-state index contributed by atoms with van der Waals surface area (Å²) in [5.41, 5.74) is 0.598. The molecule has 1 aromatic carbocycles. The Kier molecular flexibility index (Phi) is 5.06. The monoisotopic (exact) mass is 263 g/mol. The summed E-state index contributed by atoms with van der Waals surface area (Å²) >= 11 is 0. The van der Waals surface area contributed by atoms with Gasteiger partial charge in [-0.2, -0.15) is 0 Å². The highest BCUT2D eigenvalue weighted by molar-refractivity contribution is 5.99. The van der Waals surface area contributed by atoms with E-state index in [1.165, 1.54) is 0 Å². The Hall–Kier alpha value is -1.88. The van der Waals surface area contributed by atoms with Gasteiger partial charge in [-0.3, -0.25) is 9.59 Å². The number of rotatable bonds is 5. The summed E-state index contributed by atoms with van der Waals surface area (Å²) in [6.07, 6.45) is 0. The summed E-state index contributed by atoms with van der Waals surface area (Å²) in [6.45, 7) is 4.53. The van der Waals surface area contributed by atoms with Gasteiger partial charge in [-0.25, -0.2) is 0 Å². The molecule has 5 nitrogen and oxygen atoms in total. The predicted octanol–water partition coefficient (Wildman–Crippen LogP) is 0.774. The number of amides is 2. The average Bonchev–Trinajstić information content (AvgIpc) is 2.37. The molecule has 0 aliphatic rings. The smallest absolute Gasteiger partial charge is 0.251 e. The van der Waals surface area contributed by atoms with Gasteiger partial charge in [0.25, 0.3) is 11.8 Å². The first-order valence-electron chi connectivity index (χ1n) is 6.19. The lowest BCUT2D eigenvalue weighted by molar-refractivity contribution is 0.0913. The van der Waals surface area contributed by atoms with Crippen molar-refractivity contribution in [1.29, 1.82) is 0 Å². The molecular weight excluding hydrogens is 242 g/mol. The summed E-state index contributed by atoms with van der Waals surface area (Å²) in [5, 5.41) is 8.48. The SMILES string of the molecule is CNCC(C)(C)NC(=O)c1cccc(C(=O)NC)c1. The summed E-state index contributed by atoms with van der Waals surface area (Å²) in [5.74, 6) is -0.393. The molecule has 0 saturated heterocycles. The van der Waals surface area contributed by atoms with Crippen molar-refractivity contribution in [3.05, 3.63) is 35.4 Å². The fourth-order valence-electron chi connectivity index (χ4n) is 1.81.